The van der Waals surface area contributed by atoms with E-state index in [-0.39, 0.29) is 12.5 Å². The number of benzene rings is 1. The van der Waals surface area contributed by atoms with Crippen molar-refractivity contribution in [3.63, 3.8) is 0 Å². The quantitative estimate of drug-likeness (QED) is 0.824. The van der Waals surface area contributed by atoms with Gasteiger partial charge in [0.15, 0.2) is 5.82 Å². The zero-order valence-electron chi connectivity index (χ0n) is 10.1. The van der Waals surface area contributed by atoms with Crippen molar-refractivity contribution >= 4 is 16.8 Å². The first-order chi connectivity index (χ1) is 8.69. The molecule has 2 N–H and O–H groups in total. The van der Waals surface area contributed by atoms with Crippen molar-refractivity contribution < 1.29 is 14.6 Å². The van der Waals surface area contributed by atoms with Gasteiger partial charge in [0.1, 0.15) is 12.4 Å². The van der Waals surface area contributed by atoms with Gasteiger partial charge < -0.3 is 15.2 Å². The Morgan fingerprint density at radius 1 is 1.50 bits per heavy atom. The fraction of sp³-hybridized carbons (Fsp3) is 0.250. The summed E-state index contributed by atoms with van der Waals surface area (Å²) in [5.74, 6) is 0.529. The summed E-state index contributed by atoms with van der Waals surface area (Å²) in [7, 11) is 3.04. The highest BCUT2D eigenvalue weighted by Gasteiger charge is 2.13. The maximum atomic E-state index is 11.7. The molecule has 94 valence electrons. The van der Waals surface area contributed by atoms with Crippen LogP contribution in [0.3, 0.4) is 0 Å². The largest absolute Gasteiger partial charge is 0.496 e. The van der Waals surface area contributed by atoms with Gasteiger partial charge in [0, 0.05) is 24.7 Å². The van der Waals surface area contributed by atoms with Crippen molar-refractivity contribution in [1.82, 2.24) is 15.3 Å². The lowest BCUT2D eigenvalue weighted by Gasteiger charge is -2.09. The van der Waals surface area contributed by atoms with E-state index in [9.17, 15) is 4.79 Å². The van der Waals surface area contributed by atoms with Gasteiger partial charge in [-0.3, -0.25) is 4.79 Å². The molecule has 1 aromatic heterocycles. The molecule has 0 unspecified atom stereocenters. The van der Waals surface area contributed by atoms with E-state index in [0.717, 1.165) is 0 Å². The Hall–Kier alpha value is -2.21. The first-order valence-corrected chi connectivity index (χ1v) is 5.36. The molecule has 18 heavy (non-hydrogen) atoms. The zero-order chi connectivity index (χ0) is 13.1. The summed E-state index contributed by atoms with van der Waals surface area (Å²) in [5, 5.41) is 12.2. The zero-order valence-corrected chi connectivity index (χ0v) is 10.1. The fourth-order valence-corrected chi connectivity index (χ4v) is 1.66. The summed E-state index contributed by atoms with van der Waals surface area (Å²) in [6.07, 6.45) is 1.57. The van der Waals surface area contributed by atoms with Crippen molar-refractivity contribution in [3.05, 3.63) is 29.7 Å². The molecule has 0 aliphatic heterocycles. The van der Waals surface area contributed by atoms with E-state index < -0.39 is 0 Å². The topological polar surface area (TPSA) is 84.3 Å². The molecule has 2 aromatic rings. The predicted octanol–water partition coefficient (Wildman–Crippen LogP) is 0.490. The standard InChI is InChI=1S/C12H13N3O3/c1-13-12(17)8-3-7-5-14-11(6-16)15-9(7)4-10(8)18-2/h3-5,16H,6H2,1-2H3,(H,13,17). The van der Waals surface area contributed by atoms with Crippen molar-refractivity contribution in [1.29, 1.82) is 0 Å². The minimum absolute atomic E-state index is 0.227. The van der Waals surface area contributed by atoms with Crippen LogP contribution in [0, 0.1) is 0 Å². The summed E-state index contributed by atoms with van der Waals surface area (Å²) in [6.45, 7) is -0.227. The number of amides is 1. The SMILES string of the molecule is CNC(=O)c1cc2cnc(CO)nc2cc1OC. The number of rotatable bonds is 3. The molecular weight excluding hydrogens is 234 g/mol. The third-order valence-electron chi connectivity index (χ3n) is 2.56. The molecule has 1 amide bonds. The lowest BCUT2D eigenvalue weighted by Crippen LogP contribution is -2.18. The monoisotopic (exact) mass is 247 g/mol. The molecule has 6 nitrogen and oxygen atoms in total. The molecule has 0 spiro atoms. The highest BCUT2D eigenvalue weighted by atomic mass is 16.5. The maximum absolute atomic E-state index is 11.7. The smallest absolute Gasteiger partial charge is 0.254 e. The molecule has 0 radical (unpaired) electrons. The number of hydrogen-bond donors (Lipinski definition) is 2. The lowest BCUT2D eigenvalue weighted by molar-refractivity contribution is 0.0960. The van der Waals surface area contributed by atoms with Crippen LogP contribution in [0.4, 0.5) is 0 Å². The van der Waals surface area contributed by atoms with Crippen molar-refractivity contribution in [3.8, 4) is 5.75 Å². The van der Waals surface area contributed by atoms with Gasteiger partial charge in [-0.15, -0.1) is 0 Å². The van der Waals surface area contributed by atoms with Gasteiger partial charge in [-0.05, 0) is 6.07 Å². The summed E-state index contributed by atoms with van der Waals surface area (Å²) < 4.78 is 5.17. The molecule has 2 rings (SSSR count). The third kappa shape index (κ3) is 2.10. The molecular formula is C12H13N3O3. The van der Waals surface area contributed by atoms with Crippen LogP contribution in [0.2, 0.25) is 0 Å². The Balaban J connectivity index is 2.64. The average molecular weight is 247 g/mol. The van der Waals surface area contributed by atoms with E-state index in [0.29, 0.717) is 28.0 Å². The third-order valence-corrected chi connectivity index (χ3v) is 2.56. The first kappa shape index (κ1) is 12.3. The Labute approximate surface area is 104 Å². The second kappa shape index (κ2) is 4.97. The molecule has 0 bridgehead atoms. The Kier molecular flexibility index (Phi) is 3.38. The number of aromatic nitrogens is 2. The van der Waals surface area contributed by atoms with E-state index in [2.05, 4.69) is 15.3 Å². The number of fused-ring (bicyclic) bond motifs is 1. The van der Waals surface area contributed by atoms with Gasteiger partial charge in [0.05, 0.1) is 18.2 Å². The number of carbonyl (C=O) groups excluding carboxylic acids is 1. The van der Waals surface area contributed by atoms with Gasteiger partial charge in [0.25, 0.3) is 5.91 Å². The Morgan fingerprint density at radius 3 is 2.89 bits per heavy atom. The summed E-state index contributed by atoms with van der Waals surface area (Å²) >= 11 is 0. The molecule has 0 aliphatic rings. The minimum atomic E-state index is -0.236. The fourth-order valence-electron chi connectivity index (χ4n) is 1.66. The summed E-state index contributed by atoms with van der Waals surface area (Å²) in [5.41, 5.74) is 1.05. The second-order valence-electron chi connectivity index (χ2n) is 3.63. The Morgan fingerprint density at radius 2 is 2.28 bits per heavy atom. The Bertz CT molecular complexity index is 598. The van der Waals surface area contributed by atoms with E-state index >= 15 is 0 Å². The minimum Gasteiger partial charge on any atom is -0.496 e. The van der Waals surface area contributed by atoms with E-state index in [1.165, 1.54) is 7.11 Å². The van der Waals surface area contributed by atoms with E-state index in [4.69, 9.17) is 9.84 Å². The van der Waals surface area contributed by atoms with E-state index in [1.54, 1.807) is 25.4 Å². The number of carbonyl (C=O) groups is 1. The van der Waals surface area contributed by atoms with Crippen LogP contribution in [0.5, 0.6) is 5.75 Å². The number of aliphatic hydroxyl groups excluding tert-OH is 1. The van der Waals surface area contributed by atoms with Crippen molar-refractivity contribution in [2.75, 3.05) is 14.2 Å². The maximum Gasteiger partial charge on any atom is 0.254 e. The van der Waals surface area contributed by atoms with Crippen LogP contribution in [0.1, 0.15) is 16.2 Å². The van der Waals surface area contributed by atoms with E-state index in [1.807, 2.05) is 0 Å². The normalized spacial score (nSPS) is 10.4. The number of hydrogen-bond acceptors (Lipinski definition) is 5. The first-order valence-electron chi connectivity index (χ1n) is 5.36. The van der Waals surface area contributed by atoms with Crippen LogP contribution >= 0.6 is 0 Å². The van der Waals surface area contributed by atoms with Gasteiger partial charge in [-0.1, -0.05) is 0 Å². The van der Waals surface area contributed by atoms with Crippen LogP contribution in [-0.4, -0.2) is 35.1 Å². The molecule has 1 heterocycles. The highest BCUT2D eigenvalue weighted by Crippen LogP contribution is 2.24. The molecule has 0 saturated heterocycles. The van der Waals surface area contributed by atoms with Gasteiger partial charge in [-0.25, -0.2) is 9.97 Å². The summed E-state index contributed by atoms with van der Waals surface area (Å²) in [6, 6.07) is 3.31. The van der Waals surface area contributed by atoms with Crippen LogP contribution in [0.25, 0.3) is 10.9 Å². The average Bonchev–Trinajstić information content (AvgIpc) is 2.44. The van der Waals surface area contributed by atoms with Crippen LogP contribution in [0.15, 0.2) is 18.3 Å². The second-order valence-corrected chi connectivity index (χ2v) is 3.63. The number of nitrogens with one attached hydrogen (secondary N) is 1. The van der Waals surface area contributed by atoms with Gasteiger partial charge in [0.2, 0.25) is 0 Å². The molecule has 0 atom stereocenters. The van der Waals surface area contributed by atoms with Gasteiger partial charge >= 0.3 is 0 Å². The molecule has 0 aliphatic carbocycles. The molecule has 0 fully saturated rings. The van der Waals surface area contributed by atoms with Crippen molar-refractivity contribution in [2.24, 2.45) is 0 Å². The number of ether oxygens (including phenoxy) is 1. The number of nitrogens with zero attached hydrogens (tertiary/aromatic N) is 2. The van der Waals surface area contributed by atoms with Crippen molar-refractivity contribution in [2.45, 2.75) is 6.61 Å². The highest BCUT2D eigenvalue weighted by molar-refractivity contribution is 6.00. The summed E-state index contributed by atoms with van der Waals surface area (Å²) in [4.78, 5) is 19.8. The van der Waals surface area contributed by atoms with Gasteiger partial charge in [-0.2, -0.15) is 0 Å². The van der Waals surface area contributed by atoms with Crippen LogP contribution < -0.4 is 10.1 Å². The molecule has 1 aromatic carbocycles. The number of aliphatic hydroxyl groups is 1. The molecule has 6 heteroatoms. The predicted molar refractivity (Wildman–Crippen MR) is 65.4 cm³/mol. The van der Waals surface area contributed by atoms with Crippen LogP contribution in [-0.2, 0) is 6.61 Å². The lowest BCUT2D eigenvalue weighted by atomic mass is 10.1. The molecule has 0 saturated carbocycles. The number of methoxy groups -OCH3 is 1.